The van der Waals surface area contributed by atoms with Gasteiger partial charge in [0.1, 0.15) is 6.10 Å². The van der Waals surface area contributed by atoms with Gasteiger partial charge in [0.25, 0.3) is 0 Å². The van der Waals surface area contributed by atoms with Crippen molar-refractivity contribution in [3.8, 4) is 0 Å². The van der Waals surface area contributed by atoms with Gasteiger partial charge in [-0.2, -0.15) is 0 Å². The van der Waals surface area contributed by atoms with Crippen LogP contribution in [0.3, 0.4) is 0 Å². The summed E-state index contributed by atoms with van der Waals surface area (Å²) < 4.78 is 0.343. The maximum Gasteiger partial charge on any atom is 0.213 e. The Bertz CT molecular complexity index is 462. The second-order valence-electron chi connectivity index (χ2n) is 2.87. The number of aromatic amines is 2. The van der Waals surface area contributed by atoms with Crippen LogP contribution in [-0.4, -0.2) is 20.3 Å². The zero-order valence-corrected chi connectivity index (χ0v) is 8.08. The van der Waals surface area contributed by atoms with Crippen LogP contribution < -0.4 is 0 Å². The molecule has 1 atom stereocenters. The van der Waals surface area contributed by atoms with Gasteiger partial charge in [0.15, 0.2) is 5.82 Å². The Morgan fingerprint density at radius 1 is 1.21 bits per heavy atom. The van der Waals surface area contributed by atoms with Gasteiger partial charge in [-0.3, -0.25) is 10.2 Å². The van der Waals surface area contributed by atoms with Crippen molar-refractivity contribution in [2.45, 2.75) is 6.10 Å². The normalized spacial score (nSPS) is 12.6. The molecule has 14 heavy (non-hydrogen) atoms. The number of aromatic nitrogens is 3. The molecule has 3 N–H and O–H groups in total. The van der Waals surface area contributed by atoms with Crippen LogP contribution in [0.5, 0.6) is 0 Å². The number of hydrogen-bond acceptors (Lipinski definition) is 3. The number of nitrogens with one attached hydrogen (secondary N) is 2. The zero-order valence-electron chi connectivity index (χ0n) is 7.27. The Hall–Kier alpha value is -1.46. The lowest BCUT2D eigenvalue weighted by Gasteiger charge is -2.06. The number of nitrogens with zero attached hydrogens (tertiary/aromatic N) is 1. The monoisotopic (exact) mass is 207 g/mol. The van der Waals surface area contributed by atoms with E-state index < -0.39 is 6.10 Å². The highest BCUT2D eigenvalue weighted by atomic mass is 32.1. The number of rotatable bonds is 2. The minimum absolute atomic E-state index is 0.343. The average molecular weight is 207 g/mol. The van der Waals surface area contributed by atoms with Crippen molar-refractivity contribution >= 4 is 12.2 Å². The maximum absolute atomic E-state index is 9.85. The Labute approximate surface area is 85.6 Å². The van der Waals surface area contributed by atoms with Crippen LogP contribution in [0.2, 0.25) is 0 Å². The van der Waals surface area contributed by atoms with Gasteiger partial charge >= 0.3 is 0 Å². The molecule has 0 bridgehead atoms. The highest BCUT2D eigenvalue weighted by molar-refractivity contribution is 7.71. The summed E-state index contributed by atoms with van der Waals surface area (Å²) in [4.78, 5) is 3.94. The highest BCUT2D eigenvalue weighted by Crippen LogP contribution is 2.17. The van der Waals surface area contributed by atoms with E-state index in [0.717, 1.165) is 5.56 Å². The van der Waals surface area contributed by atoms with Crippen molar-refractivity contribution < 1.29 is 5.11 Å². The van der Waals surface area contributed by atoms with E-state index in [9.17, 15) is 5.11 Å². The van der Waals surface area contributed by atoms with Crippen molar-refractivity contribution in [1.29, 1.82) is 0 Å². The van der Waals surface area contributed by atoms with Crippen molar-refractivity contribution in [3.05, 3.63) is 46.5 Å². The molecule has 2 rings (SSSR count). The van der Waals surface area contributed by atoms with Gasteiger partial charge in [0, 0.05) is 0 Å². The minimum atomic E-state index is -0.760. The van der Waals surface area contributed by atoms with Crippen molar-refractivity contribution in [2.75, 3.05) is 0 Å². The largest absolute Gasteiger partial charge is 0.380 e. The third-order valence-corrected chi connectivity index (χ3v) is 2.09. The van der Waals surface area contributed by atoms with Gasteiger partial charge in [-0.05, 0) is 17.8 Å². The van der Waals surface area contributed by atoms with Crippen LogP contribution >= 0.6 is 12.2 Å². The summed E-state index contributed by atoms with van der Waals surface area (Å²) in [6.45, 7) is 0. The van der Waals surface area contributed by atoms with E-state index in [1.165, 1.54) is 0 Å². The Morgan fingerprint density at radius 3 is 2.50 bits per heavy atom. The molecule has 72 valence electrons. The predicted octanol–water partition coefficient (Wildman–Crippen LogP) is 1.55. The van der Waals surface area contributed by atoms with E-state index >= 15 is 0 Å². The van der Waals surface area contributed by atoms with E-state index in [1.54, 1.807) is 0 Å². The lowest BCUT2D eigenvalue weighted by Crippen LogP contribution is -2.01. The molecule has 4 nitrogen and oxygen atoms in total. The second kappa shape index (κ2) is 3.73. The molecular weight excluding hydrogens is 198 g/mol. The van der Waals surface area contributed by atoms with Gasteiger partial charge in [-0.25, -0.2) is 4.98 Å². The summed E-state index contributed by atoms with van der Waals surface area (Å²) in [6, 6.07) is 9.27. The van der Waals surface area contributed by atoms with Crippen LogP contribution in [0, 0.1) is 4.77 Å². The first-order chi connectivity index (χ1) is 6.77. The van der Waals surface area contributed by atoms with Crippen molar-refractivity contribution in [1.82, 2.24) is 15.2 Å². The number of H-pyrrole nitrogens is 2. The van der Waals surface area contributed by atoms with Crippen molar-refractivity contribution in [3.63, 3.8) is 0 Å². The molecule has 0 amide bonds. The molecular formula is C9H9N3OS. The lowest BCUT2D eigenvalue weighted by molar-refractivity contribution is 0.210. The molecule has 1 aromatic heterocycles. The van der Waals surface area contributed by atoms with Crippen molar-refractivity contribution in [2.24, 2.45) is 0 Å². The number of aliphatic hydroxyl groups is 1. The van der Waals surface area contributed by atoms with Crippen LogP contribution in [0.25, 0.3) is 0 Å². The number of hydrogen-bond donors (Lipinski definition) is 3. The quantitative estimate of drug-likeness (QED) is 0.655. The van der Waals surface area contributed by atoms with E-state index in [4.69, 9.17) is 12.2 Å². The summed E-state index contributed by atoms with van der Waals surface area (Å²) in [6.07, 6.45) is -0.760. The SMILES string of the molecule is OC(c1ccccc1)c1nc(=S)[nH][nH]1. The van der Waals surface area contributed by atoms with Gasteiger partial charge < -0.3 is 5.11 Å². The molecule has 0 spiro atoms. The fourth-order valence-corrected chi connectivity index (χ4v) is 1.35. The average Bonchev–Trinajstić information content (AvgIpc) is 2.65. The fourth-order valence-electron chi connectivity index (χ4n) is 1.21. The van der Waals surface area contributed by atoms with E-state index in [2.05, 4.69) is 15.2 Å². The zero-order chi connectivity index (χ0) is 9.97. The smallest absolute Gasteiger partial charge is 0.213 e. The summed E-state index contributed by atoms with van der Waals surface area (Å²) in [5, 5.41) is 15.2. The molecule has 0 aliphatic heterocycles. The van der Waals surface area contributed by atoms with Gasteiger partial charge in [-0.15, -0.1) is 0 Å². The molecule has 1 aromatic carbocycles. The molecule has 0 aliphatic carbocycles. The molecule has 0 saturated heterocycles. The number of aliphatic hydroxyl groups excluding tert-OH is 1. The molecule has 1 heterocycles. The lowest BCUT2D eigenvalue weighted by atomic mass is 10.1. The topological polar surface area (TPSA) is 64.7 Å². The summed E-state index contributed by atoms with van der Waals surface area (Å²) in [7, 11) is 0. The van der Waals surface area contributed by atoms with E-state index in [0.29, 0.717) is 10.6 Å². The standard InChI is InChI=1S/C9H9N3OS/c13-7(6-4-2-1-3-5-6)8-10-9(14)12-11-8/h1-5,7,13H,(H2,10,11,12,14). The maximum atomic E-state index is 9.85. The first-order valence-electron chi connectivity index (χ1n) is 4.15. The molecule has 0 saturated carbocycles. The molecule has 2 aromatic rings. The Morgan fingerprint density at radius 2 is 1.93 bits per heavy atom. The summed E-state index contributed by atoms with van der Waals surface area (Å²) in [5.41, 5.74) is 0.783. The first kappa shape index (κ1) is 9.11. The number of benzene rings is 1. The molecule has 0 fully saturated rings. The minimum Gasteiger partial charge on any atom is -0.380 e. The highest BCUT2D eigenvalue weighted by Gasteiger charge is 2.12. The Kier molecular flexibility index (Phi) is 2.43. The fraction of sp³-hybridized carbons (Fsp3) is 0.111. The van der Waals surface area contributed by atoms with Gasteiger partial charge in [0.05, 0.1) is 0 Å². The molecule has 0 radical (unpaired) electrons. The van der Waals surface area contributed by atoms with Gasteiger partial charge in [0.2, 0.25) is 4.77 Å². The van der Waals surface area contributed by atoms with E-state index in [1.807, 2.05) is 30.3 Å². The molecule has 0 aliphatic rings. The van der Waals surface area contributed by atoms with Crippen LogP contribution in [0.4, 0.5) is 0 Å². The van der Waals surface area contributed by atoms with Crippen LogP contribution in [0.15, 0.2) is 30.3 Å². The Balaban J connectivity index is 2.33. The van der Waals surface area contributed by atoms with Gasteiger partial charge in [-0.1, -0.05) is 30.3 Å². The molecule has 1 unspecified atom stereocenters. The van der Waals surface area contributed by atoms with Crippen LogP contribution in [-0.2, 0) is 0 Å². The third-order valence-electron chi connectivity index (χ3n) is 1.89. The van der Waals surface area contributed by atoms with Crippen LogP contribution in [0.1, 0.15) is 17.5 Å². The first-order valence-corrected chi connectivity index (χ1v) is 4.56. The third kappa shape index (κ3) is 1.73. The predicted molar refractivity (Wildman–Crippen MR) is 54.3 cm³/mol. The van der Waals surface area contributed by atoms with E-state index in [-0.39, 0.29) is 0 Å². The molecule has 5 heteroatoms. The summed E-state index contributed by atoms with van der Waals surface area (Å²) >= 11 is 4.79. The summed E-state index contributed by atoms with van der Waals surface area (Å²) in [5.74, 6) is 0.432. The second-order valence-corrected chi connectivity index (χ2v) is 3.25.